The molecule has 100 valence electrons. The van der Waals surface area contributed by atoms with Crippen LogP contribution < -0.4 is 5.32 Å². The van der Waals surface area contributed by atoms with Crippen molar-refractivity contribution in [1.29, 1.82) is 0 Å². The summed E-state index contributed by atoms with van der Waals surface area (Å²) in [7, 11) is 0. The molecule has 0 saturated carbocycles. The fourth-order valence-electron chi connectivity index (χ4n) is 1.50. The van der Waals surface area contributed by atoms with Gasteiger partial charge in [-0.15, -0.1) is 0 Å². The Bertz CT molecular complexity index is 380. The van der Waals surface area contributed by atoms with Crippen LogP contribution in [0, 0.1) is 0 Å². The summed E-state index contributed by atoms with van der Waals surface area (Å²) in [5.41, 5.74) is 0.991. The molecule has 0 fully saturated rings. The van der Waals surface area contributed by atoms with Crippen LogP contribution >= 0.6 is 11.6 Å². The molecule has 1 amide bonds. The highest BCUT2D eigenvalue weighted by Gasteiger charge is 2.17. The van der Waals surface area contributed by atoms with Gasteiger partial charge in [-0.1, -0.05) is 23.7 Å². The second kappa shape index (κ2) is 7.36. The third kappa shape index (κ3) is 5.04. The van der Waals surface area contributed by atoms with Crippen molar-refractivity contribution < 1.29 is 14.6 Å². The van der Waals surface area contributed by atoms with Gasteiger partial charge in [-0.25, -0.2) is 0 Å². The Balaban J connectivity index is 2.46. The Morgan fingerprint density at radius 1 is 1.44 bits per heavy atom. The molecule has 0 heterocycles. The standard InChI is InChI=1S/C13H18ClNO3/c1-9(13(7-16)15-10(2)17)18-8-11-3-5-12(14)6-4-11/h3-6,9,13,16H,7-8H2,1-2H3,(H,15,17). The first kappa shape index (κ1) is 15.0. The lowest BCUT2D eigenvalue weighted by atomic mass is 10.2. The summed E-state index contributed by atoms with van der Waals surface area (Å²) >= 11 is 5.78. The minimum atomic E-state index is -0.394. The molecule has 2 atom stereocenters. The van der Waals surface area contributed by atoms with E-state index < -0.39 is 6.04 Å². The first-order chi connectivity index (χ1) is 8.52. The topological polar surface area (TPSA) is 58.6 Å². The molecule has 1 rings (SSSR count). The molecule has 0 aliphatic rings. The van der Waals surface area contributed by atoms with Crippen molar-refractivity contribution in [2.75, 3.05) is 6.61 Å². The van der Waals surface area contributed by atoms with E-state index in [1.807, 2.05) is 19.1 Å². The van der Waals surface area contributed by atoms with Crippen LogP contribution in [0.4, 0.5) is 0 Å². The highest BCUT2D eigenvalue weighted by atomic mass is 35.5. The summed E-state index contributed by atoms with van der Waals surface area (Å²) in [4.78, 5) is 10.9. The van der Waals surface area contributed by atoms with E-state index in [1.54, 1.807) is 12.1 Å². The number of halogens is 1. The van der Waals surface area contributed by atoms with Crippen molar-refractivity contribution in [3.8, 4) is 0 Å². The van der Waals surface area contributed by atoms with Crippen LogP contribution in [0.25, 0.3) is 0 Å². The van der Waals surface area contributed by atoms with Gasteiger partial charge in [-0.3, -0.25) is 4.79 Å². The number of ether oxygens (including phenoxy) is 1. The Labute approximate surface area is 112 Å². The zero-order chi connectivity index (χ0) is 13.5. The van der Waals surface area contributed by atoms with Crippen LogP contribution in [0.2, 0.25) is 5.02 Å². The number of carbonyl (C=O) groups excluding carboxylic acids is 1. The van der Waals surface area contributed by atoms with Crippen molar-refractivity contribution in [3.05, 3.63) is 34.9 Å². The van der Waals surface area contributed by atoms with Gasteiger partial charge < -0.3 is 15.2 Å². The summed E-state index contributed by atoms with van der Waals surface area (Å²) in [6.45, 7) is 3.48. The minimum Gasteiger partial charge on any atom is -0.394 e. The maximum Gasteiger partial charge on any atom is 0.217 e. The molecule has 0 aliphatic carbocycles. The van der Waals surface area contributed by atoms with Gasteiger partial charge in [0.25, 0.3) is 0 Å². The lowest BCUT2D eigenvalue weighted by Gasteiger charge is -2.23. The van der Waals surface area contributed by atoms with Crippen LogP contribution in [0.15, 0.2) is 24.3 Å². The van der Waals surface area contributed by atoms with E-state index in [0.717, 1.165) is 5.56 Å². The number of nitrogens with one attached hydrogen (secondary N) is 1. The number of rotatable bonds is 6. The van der Waals surface area contributed by atoms with Crippen molar-refractivity contribution in [2.24, 2.45) is 0 Å². The third-order valence-electron chi connectivity index (χ3n) is 2.58. The Morgan fingerprint density at radius 2 is 2.06 bits per heavy atom. The molecule has 0 aromatic heterocycles. The molecule has 0 spiro atoms. The number of carbonyl (C=O) groups is 1. The highest BCUT2D eigenvalue weighted by molar-refractivity contribution is 6.30. The molecule has 1 aromatic carbocycles. The van der Waals surface area contributed by atoms with Gasteiger partial charge in [0.1, 0.15) is 0 Å². The summed E-state index contributed by atoms with van der Waals surface area (Å²) in [5.74, 6) is -0.184. The lowest BCUT2D eigenvalue weighted by molar-refractivity contribution is -0.121. The van der Waals surface area contributed by atoms with Gasteiger partial charge >= 0.3 is 0 Å². The molecular formula is C13H18ClNO3. The normalized spacial score (nSPS) is 14.0. The second-order valence-corrected chi connectivity index (χ2v) is 4.57. The number of benzene rings is 1. The lowest BCUT2D eigenvalue weighted by Crippen LogP contribution is -2.44. The average molecular weight is 272 g/mol. The fourth-order valence-corrected chi connectivity index (χ4v) is 1.62. The predicted octanol–water partition coefficient (Wildman–Crippen LogP) is 1.74. The molecule has 0 saturated heterocycles. The molecule has 0 aliphatic heterocycles. The monoisotopic (exact) mass is 271 g/mol. The third-order valence-corrected chi connectivity index (χ3v) is 2.83. The van der Waals surface area contributed by atoms with E-state index in [9.17, 15) is 4.79 Å². The van der Waals surface area contributed by atoms with Gasteiger partial charge in [-0.2, -0.15) is 0 Å². The van der Waals surface area contributed by atoms with Gasteiger partial charge in [0, 0.05) is 11.9 Å². The van der Waals surface area contributed by atoms with Crippen LogP contribution in [0.3, 0.4) is 0 Å². The molecule has 1 aromatic rings. The van der Waals surface area contributed by atoms with Crippen LogP contribution in [-0.4, -0.2) is 29.8 Å². The maximum absolute atomic E-state index is 10.9. The number of aliphatic hydroxyl groups is 1. The van der Waals surface area contributed by atoms with Gasteiger partial charge in [0.05, 0.1) is 25.4 Å². The fraction of sp³-hybridized carbons (Fsp3) is 0.462. The van der Waals surface area contributed by atoms with Crippen LogP contribution in [-0.2, 0) is 16.1 Å². The second-order valence-electron chi connectivity index (χ2n) is 4.13. The van der Waals surface area contributed by atoms with Crippen molar-refractivity contribution in [1.82, 2.24) is 5.32 Å². The van der Waals surface area contributed by atoms with E-state index in [2.05, 4.69) is 5.32 Å². The Hall–Kier alpha value is -1.10. The Kier molecular flexibility index (Phi) is 6.12. The number of aliphatic hydroxyl groups excluding tert-OH is 1. The summed E-state index contributed by atoms with van der Waals surface area (Å²) in [6.07, 6.45) is -0.269. The molecule has 5 heteroatoms. The number of hydrogen-bond acceptors (Lipinski definition) is 3. The van der Waals surface area contributed by atoms with Gasteiger partial charge in [-0.05, 0) is 24.6 Å². The van der Waals surface area contributed by atoms with E-state index in [0.29, 0.717) is 11.6 Å². The van der Waals surface area contributed by atoms with Gasteiger partial charge in [0.15, 0.2) is 0 Å². The van der Waals surface area contributed by atoms with Crippen molar-refractivity contribution in [2.45, 2.75) is 32.6 Å². The minimum absolute atomic E-state index is 0.151. The summed E-state index contributed by atoms with van der Waals surface area (Å²) < 4.78 is 5.60. The average Bonchev–Trinajstić information content (AvgIpc) is 2.34. The molecular weight excluding hydrogens is 254 g/mol. The maximum atomic E-state index is 10.9. The van der Waals surface area contributed by atoms with E-state index in [-0.39, 0.29) is 18.6 Å². The first-order valence-corrected chi connectivity index (χ1v) is 6.14. The zero-order valence-electron chi connectivity index (χ0n) is 10.5. The molecule has 0 radical (unpaired) electrons. The number of amides is 1. The summed E-state index contributed by atoms with van der Waals surface area (Å²) in [6, 6.07) is 6.95. The quantitative estimate of drug-likeness (QED) is 0.829. The molecule has 0 bridgehead atoms. The van der Waals surface area contributed by atoms with Crippen LogP contribution in [0.1, 0.15) is 19.4 Å². The SMILES string of the molecule is CC(=O)NC(CO)C(C)OCc1ccc(Cl)cc1. The van der Waals surface area contributed by atoms with E-state index in [1.165, 1.54) is 6.92 Å². The van der Waals surface area contributed by atoms with Crippen molar-refractivity contribution >= 4 is 17.5 Å². The van der Waals surface area contributed by atoms with E-state index >= 15 is 0 Å². The predicted molar refractivity (Wildman–Crippen MR) is 70.4 cm³/mol. The van der Waals surface area contributed by atoms with Crippen molar-refractivity contribution in [3.63, 3.8) is 0 Å². The first-order valence-electron chi connectivity index (χ1n) is 5.77. The largest absolute Gasteiger partial charge is 0.394 e. The molecule has 4 nitrogen and oxygen atoms in total. The number of hydrogen-bond donors (Lipinski definition) is 2. The highest BCUT2D eigenvalue weighted by Crippen LogP contribution is 2.11. The van der Waals surface area contributed by atoms with Crippen LogP contribution in [0.5, 0.6) is 0 Å². The smallest absolute Gasteiger partial charge is 0.217 e. The molecule has 2 unspecified atom stereocenters. The van der Waals surface area contributed by atoms with E-state index in [4.69, 9.17) is 21.4 Å². The molecule has 18 heavy (non-hydrogen) atoms. The molecule has 2 N–H and O–H groups in total. The summed E-state index contributed by atoms with van der Waals surface area (Å²) in [5, 5.41) is 12.5. The zero-order valence-corrected chi connectivity index (χ0v) is 11.3. The Morgan fingerprint density at radius 3 is 2.56 bits per heavy atom. The van der Waals surface area contributed by atoms with Gasteiger partial charge in [0.2, 0.25) is 5.91 Å².